The predicted octanol–water partition coefficient (Wildman–Crippen LogP) is 3.04. The lowest BCUT2D eigenvalue weighted by Crippen LogP contribution is -2.40. The van der Waals surface area contributed by atoms with Gasteiger partial charge in [0, 0.05) is 13.0 Å². The molecule has 0 bridgehead atoms. The summed E-state index contributed by atoms with van der Waals surface area (Å²) < 4.78 is 5.64. The molecule has 1 aliphatic rings. The predicted molar refractivity (Wildman–Crippen MR) is 87.6 cm³/mol. The van der Waals surface area contributed by atoms with E-state index in [0.29, 0.717) is 38.3 Å². The number of hydrogen-bond donors (Lipinski definition) is 1. The summed E-state index contributed by atoms with van der Waals surface area (Å²) in [5.41, 5.74) is 1.27. The Hall–Kier alpha value is -2.04. The van der Waals surface area contributed by atoms with Crippen LogP contribution in [0, 0.1) is 0 Å². The van der Waals surface area contributed by atoms with Gasteiger partial charge in [-0.15, -0.1) is 0 Å². The molecule has 5 heteroatoms. The minimum absolute atomic E-state index is 0.0892. The van der Waals surface area contributed by atoms with Crippen molar-refractivity contribution in [2.45, 2.75) is 51.5 Å². The number of carboxylic acid groups (broad SMARTS) is 1. The van der Waals surface area contributed by atoms with E-state index in [-0.39, 0.29) is 5.91 Å². The van der Waals surface area contributed by atoms with Crippen molar-refractivity contribution < 1.29 is 19.4 Å². The van der Waals surface area contributed by atoms with Gasteiger partial charge in [-0.1, -0.05) is 26.0 Å². The summed E-state index contributed by atoms with van der Waals surface area (Å²) in [5.74, 6) is 0.293. The summed E-state index contributed by atoms with van der Waals surface area (Å²) in [7, 11) is 0. The van der Waals surface area contributed by atoms with Crippen LogP contribution in [0.25, 0.3) is 0 Å². The first-order chi connectivity index (χ1) is 11.0. The zero-order valence-electron chi connectivity index (χ0n) is 13.8. The molecule has 126 valence electrons. The normalized spacial score (nSPS) is 17.5. The number of carbonyl (C=O) groups excluding carboxylic acids is 1. The fourth-order valence-corrected chi connectivity index (χ4v) is 2.83. The van der Waals surface area contributed by atoms with Crippen LogP contribution >= 0.6 is 0 Å². The van der Waals surface area contributed by atoms with Gasteiger partial charge < -0.3 is 14.7 Å². The van der Waals surface area contributed by atoms with Crippen LogP contribution in [-0.2, 0) is 9.59 Å². The van der Waals surface area contributed by atoms with Crippen molar-refractivity contribution in [3.05, 3.63) is 29.8 Å². The molecule has 1 aromatic carbocycles. The Morgan fingerprint density at radius 3 is 2.61 bits per heavy atom. The van der Waals surface area contributed by atoms with Crippen LogP contribution in [0.4, 0.5) is 0 Å². The van der Waals surface area contributed by atoms with Crippen molar-refractivity contribution in [2.75, 3.05) is 13.2 Å². The number of benzene rings is 1. The van der Waals surface area contributed by atoms with Gasteiger partial charge in [-0.05, 0) is 42.9 Å². The lowest BCUT2D eigenvalue weighted by atomic mass is 10.0. The van der Waals surface area contributed by atoms with Crippen LogP contribution < -0.4 is 4.74 Å². The van der Waals surface area contributed by atoms with E-state index in [1.54, 1.807) is 0 Å². The number of amides is 1. The van der Waals surface area contributed by atoms with Gasteiger partial charge in [-0.3, -0.25) is 4.79 Å². The summed E-state index contributed by atoms with van der Waals surface area (Å²) in [6.45, 7) is 5.29. The van der Waals surface area contributed by atoms with Crippen molar-refractivity contribution >= 4 is 11.9 Å². The molecule has 1 aromatic rings. The van der Waals surface area contributed by atoms with Gasteiger partial charge in [0.1, 0.15) is 11.8 Å². The number of nitrogens with zero attached hydrogens (tertiary/aromatic N) is 1. The van der Waals surface area contributed by atoms with Crippen molar-refractivity contribution in [1.29, 1.82) is 0 Å². The van der Waals surface area contributed by atoms with Crippen molar-refractivity contribution in [2.24, 2.45) is 0 Å². The number of hydrogen-bond acceptors (Lipinski definition) is 3. The van der Waals surface area contributed by atoms with Crippen LogP contribution in [0.3, 0.4) is 0 Å². The molecule has 0 spiro atoms. The van der Waals surface area contributed by atoms with Gasteiger partial charge in [0.25, 0.3) is 0 Å². The molecule has 5 nitrogen and oxygen atoms in total. The fourth-order valence-electron chi connectivity index (χ4n) is 2.83. The van der Waals surface area contributed by atoms with Gasteiger partial charge >= 0.3 is 5.97 Å². The largest absolute Gasteiger partial charge is 0.494 e. The van der Waals surface area contributed by atoms with E-state index < -0.39 is 12.0 Å². The number of aliphatic carboxylic acids is 1. The maximum absolute atomic E-state index is 12.1. The molecule has 0 saturated carbocycles. The lowest BCUT2D eigenvalue weighted by Gasteiger charge is -2.21. The highest BCUT2D eigenvalue weighted by molar-refractivity contribution is 5.84. The Bertz CT molecular complexity index is 538. The monoisotopic (exact) mass is 319 g/mol. The van der Waals surface area contributed by atoms with E-state index in [1.807, 2.05) is 24.3 Å². The van der Waals surface area contributed by atoms with Gasteiger partial charge in [-0.25, -0.2) is 4.79 Å². The second-order valence-electron chi connectivity index (χ2n) is 6.26. The molecule has 1 N–H and O–H groups in total. The molecule has 1 atom stereocenters. The van der Waals surface area contributed by atoms with Crippen molar-refractivity contribution in [1.82, 2.24) is 4.90 Å². The van der Waals surface area contributed by atoms with Crippen LogP contribution in [0.5, 0.6) is 5.75 Å². The van der Waals surface area contributed by atoms with Crippen LogP contribution in [0.15, 0.2) is 24.3 Å². The smallest absolute Gasteiger partial charge is 0.326 e. The topological polar surface area (TPSA) is 66.8 Å². The molecule has 0 radical (unpaired) electrons. The molecule has 0 aliphatic carbocycles. The van der Waals surface area contributed by atoms with E-state index in [2.05, 4.69) is 13.8 Å². The summed E-state index contributed by atoms with van der Waals surface area (Å²) >= 11 is 0. The van der Waals surface area contributed by atoms with Crippen LogP contribution in [0.2, 0.25) is 0 Å². The zero-order chi connectivity index (χ0) is 16.8. The number of likely N-dealkylation sites (tertiary alicyclic amines) is 1. The summed E-state index contributed by atoms with van der Waals surface area (Å²) in [4.78, 5) is 24.7. The van der Waals surface area contributed by atoms with Crippen LogP contribution in [-0.4, -0.2) is 41.1 Å². The SMILES string of the molecule is CC(C)c1ccc(OCCCC(=O)N2CCCC2C(=O)O)cc1. The third-order valence-corrected chi connectivity index (χ3v) is 4.21. The van der Waals surface area contributed by atoms with E-state index in [0.717, 1.165) is 12.2 Å². The Kier molecular flexibility index (Phi) is 6.02. The molecule has 2 rings (SSSR count). The molecular weight excluding hydrogens is 294 g/mol. The first kappa shape index (κ1) is 17.3. The van der Waals surface area contributed by atoms with E-state index >= 15 is 0 Å². The molecular formula is C18H25NO4. The maximum atomic E-state index is 12.1. The highest BCUT2D eigenvalue weighted by Crippen LogP contribution is 2.20. The average molecular weight is 319 g/mol. The molecule has 0 aromatic heterocycles. The first-order valence-corrected chi connectivity index (χ1v) is 8.24. The fraction of sp³-hybridized carbons (Fsp3) is 0.556. The highest BCUT2D eigenvalue weighted by Gasteiger charge is 2.33. The average Bonchev–Trinajstić information content (AvgIpc) is 3.01. The van der Waals surface area contributed by atoms with Gasteiger partial charge in [-0.2, -0.15) is 0 Å². The third-order valence-electron chi connectivity index (χ3n) is 4.21. The maximum Gasteiger partial charge on any atom is 0.326 e. The Balaban J connectivity index is 1.72. The summed E-state index contributed by atoms with van der Waals surface area (Å²) in [6, 6.07) is 7.34. The molecule has 1 fully saturated rings. The van der Waals surface area contributed by atoms with Crippen molar-refractivity contribution in [3.8, 4) is 5.75 Å². The Morgan fingerprint density at radius 1 is 1.30 bits per heavy atom. The third kappa shape index (κ3) is 4.71. The first-order valence-electron chi connectivity index (χ1n) is 8.24. The lowest BCUT2D eigenvalue weighted by molar-refractivity contribution is -0.148. The molecule has 1 aliphatic heterocycles. The quantitative estimate of drug-likeness (QED) is 0.784. The number of carboxylic acids is 1. The molecule has 1 heterocycles. The van der Waals surface area contributed by atoms with E-state index in [1.165, 1.54) is 10.5 Å². The number of rotatable bonds is 7. The standard InChI is InChI=1S/C18H25NO4/c1-13(2)14-7-9-15(10-8-14)23-12-4-6-17(20)19-11-3-5-16(19)18(21)22/h7-10,13,16H,3-6,11-12H2,1-2H3,(H,21,22). The van der Waals surface area contributed by atoms with E-state index in [9.17, 15) is 9.59 Å². The van der Waals surface area contributed by atoms with E-state index in [4.69, 9.17) is 9.84 Å². The Labute approximate surface area is 137 Å². The zero-order valence-corrected chi connectivity index (χ0v) is 13.8. The van der Waals surface area contributed by atoms with Crippen LogP contribution in [0.1, 0.15) is 51.0 Å². The highest BCUT2D eigenvalue weighted by atomic mass is 16.5. The van der Waals surface area contributed by atoms with Crippen molar-refractivity contribution in [3.63, 3.8) is 0 Å². The minimum Gasteiger partial charge on any atom is -0.494 e. The second kappa shape index (κ2) is 7.99. The van der Waals surface area contributed by atoms with Gasteiger partial charge in [0.2, 0.25) is 5.91 Å². The molecule has 1 unspecified atom stereocenters. The molecule has 1 amide bonds. The number of ether oxygens (including phenoxy) is 1. The molecule has 23 heavy (non-hydrogen) atoms. The summed E-state index contributed by atoms with van der Waals surface area (Å²) in [6.07, 6.45) is 2.24. The number of carbonyl (C=O) groups is 2. The second-order valence-corrected chi connectivity index (χ2v) is 6.26. The molecule has 1 saturated heterocycles. The minimum atomic E-state index is -0.905. The Morgan fingerprint density at radius 2 is 2.00 bits per heavy atom. The van der Waals surface area contributed by atoms with Gasteiger partial charge in [0.15, 0.2) is 0 Å². The summed E-state index contributed by atoms with van der Waals surface area (Å²) in [5, 5.41) is 9.10. The van der Waals surface area contributed by atoms with Gasteiger partial charge in [0.05, 0.1) is 6.61 Å².